The third-order valence-electron chi connectivity index (χ3n) is 2.89. The number of aryl methyl sites for hydroxylation is 1. The summed E-state index contributed by atoms with van der Waals surface area (Å²) in [7, 11) is 0. The molecule has 1 aromatic carbocycles. The summed E-state index contributed by atoms with van der Waals surface area (Å²) >= 11 is 1.60. The number of benzene rings is 1. The molecule has 0 saturated heterocycles. The van der Waals surface area contributed by atoms with Crippen LogP contribution in [0.25, 0.3) is 0 Å². The predicted octanol–water partition coefficient (Wildman–Crippen LogP) is 3.02. The largest absolute Gasteiger partial charge is 0.494 e. The maximum absolute atomic E-state index is 10.7. The summed E-state index contributed by atoms with van der Waals surface area (Å²) in [5.41, 5.74) is 0.260. The molecule has 2 N–H and O–H groups in total. The van der Waals surface area contributed by atoms with E-state index in [2.05, 4.69) is 22.1 Å². The summed E-state index contributed by atoms with van der Waals surface area (Å²) in [4.78, 5) is 15.1. The van der Waals surface area contributed by atoms with Crippen molar-refractivity contribution in [3.63, 3.8) is 0 Å². The van der Waals surface area contributed by atoms with Crippen LogP contribution in [0.3, 0.4) is 0 Å². The van der Waals surface area contributed by atoms with Gasteiger partial charge in [-0.05, 0) is 37.1 Å². The van der Waals surface area contributed by atoms with Gasteiger partial charge in [-0.15, -0.1) is 5.10 Å². The third-order valence-corrected chi connectivity index (χ3v) is 3.82. The number of thioether (sulfide) groups is 1. The Morgan fingerprint density at radius 3 is 2.82 bits per heavy atom. The predicted molar refractivity (Wildman–Crippen MR) is 84.6 cm³/mol. The Kier molecular flexibility index (Phi) is 6.27. The van der Waals surface area contributed by atoms with Crippen LogP contribution in [-0.2, 0) is 6.42 Å². The Bertz CT molecular complexity index is 598. The molecule has 0 atom stereocenters. The number of H-pyrrole nitrogens is 1. The van der Waals surface area contributed by atoms with E-state index in [-0.39, 0.29) is 5.56 Å². The first-order valence-electron chi connectivity index (χ1n) is 7.19. The van der Waals surface area contributed by atoms with Gasteiger partial charge >= 0.3 is 5.97 Å². The van der Waals surface area contributed by atoms with E-state index in [4.69, 9.17) is 9.84 Å². The van der Waals surface area contributed by atoms with Gasteiger partial charge in [0.2, 0.25) is 5.16 Å². The van der Waals surface area contributed by atoms with Gasteiger partial charge in [0.05, 0.1) is 12.2 Å². The van der Waals surface area contributed by atoms with Crippen molar-refractivity contribution in [2.75, 3.05) is 12.4 Å². The highest BCUT2D eigenvalue weighted by Gasteiger charge is 2.04. The summed E-state index contributed by atoms with van der Waals surface area (Å²) in [6.45, 7) is 2.68. The monoisotopic (exact) mass is 321 g/mol. The van der Waals surface area contributed by atoms with Crippen LogP contribution < -0.4 is 4.74 Å². The number of aromatic nitrogens is 3. The van der Waals surface area contributed by atoms with Crippen molar-refractivity contribution in [3.05, 3.63) is 35.7 Å². The number of hydrogen-bond donors (Lipinski definition) is 2. The smallest absolute Gasteiger partial charge is 0.335 e. The fraction of sp³-hybridized carbons (Fsp3) is 0.400. The normalized spacial score (nSPS) is 10.6. The lowest BCUT2D eigenvalue weighted by molar-refractivity contribution is 0.0697. The fourth-order valence-corrected chi connectivity index (χ4v) is 2.53. The van der Waals surface area contributed by atoms with Crippen LogP contribution in [0.15, 0.2) is 29.4 Å². The summed E-state index contributed by atoms with van der Waals surface area (Å²) in [5.74, 6) is 1.55. The van der Waals surface area contributed by atoms with Gasteiger partial charge in [0, 0.05) is 12.2 Å². The molecule has 0 radical (unpaired) electrons. The van der Waals surface area contributed by atoms with Crippen molar-refractivity contribution in [3.8, 4) is 5.75 Å². The Labute approximate surface area is 133 Å². The molecule has 22 heavy (non-hydrogen) atoms. The van der Waals surface area contributed by atoms with E-state index in [1.54, 1.807) is 23.9 Å². The first-order valence-corrected chi connectivity index (χ1v) is 8.18. The number of rotatable bonds is 9. The van der Waals surface area contributed by atoms with E-state index in [1.807, 2.05) is 0 Å². The van der Waals surface area contributed by atoms with E-state index in [0.29, 0.717) is 12.4 Å². The number of nitrogens with one attached hydrogen (secondary N) is 1. The van der Waals surface area contributed by atoms with Crippen LogP contribution in [0.4, 0.5) is 0 Å². The van der Waals surface area contributed by atoms with Crippen LogP contribution in [0.5, 0.6) is 5.75 Å². The number of hydrogen-bond acceptors (Lipinski definition) is 5. The summed E-state index contributed by atoms with van der Waals surface area (Å²) in [6, 6.07) is 6.41. The topological polar surface area (TPSA) is 88.1 Å². The molecular formula is C15H19N3O3S. The second-order valence-electron chi connectivity index (χ2n) is 4.69. The van der Waals surface area contributed by atoms with Crippen molar-refractivity contribution >= 4 is 17.7 Å². The highest BCUT2D eigenvalue weighted by Crippen LogP contribution is 2.16. The zero-order chi connectivity index (χ0) is 15.8. The fourth-order valence-electron chi connectivity index (χ4n) is 1.80. The Balaban J connectivity index is 1.65. The number of aromatic carboxylic acids is 1. The Hall–Kier alpha value is -2.02. The molecule has 1 heterocycles. The maximum atomic E-state index is 10.7. The molecule has 0 spiro atoms. The van der Waals surface area contributed by atoms with Gasteiger partial charge in [-0.1, -0.05) is 18.7 Å². The maximum Gasteiger partial charge on any atom is 0.335 e. The molecule has 0 aliphatic rings. The van der Waals surface area contributed by atoms with E-state index in [9.17, 15) is 4.79 Å². The molecule has 1 aromatic heterocycles. The van der Waals surface area contributed by atoms with Gasteiger partial charge in [0.25, 0.3) is 0 Å². The highest BCUT2D eigenvalue weighted by atomic mass is 32.2. The number of ether oxygens (including phenoxy) is 1. The number of carbonyl (C=O) groups is 1. The molecule has 7 heteroatoms. The van der Waals surface area contributed by atoms with Crippen molar-refractivity contribution in [1.29, 1.82) is 0 Å². The molecule has 118 valence electrons. The quantitative estimate of drug-likeness (QED) is 0.545. The zero-order valence-electron chi connectivity index (χ0n) is 12.4. The van der Waals surface area contributed by atoms with E-state index in [1.165, 1.54) is 12.1 Å². The lowest BCUT2D eigenvalue weighted by Gasteiger charge is -2.05. The molecule has 6 nitrogen and oxygen atoms in total. The second kappa shape index (κ2) is 8.43. The lowest BCUT2D eigenvalue weighted by atomic mass is 10.2. The number of aromatic amines is 1. The summed E-state index contributed by atoms with van der Waals surface area (Å²) < 4.78 is 5.57. The summed E-state index contributed by atoms with van der Waals surface area (Å²) in [6.07, 6.45) is 2.83. The first-order chi connectivity index (χ1) is 10.7. The van der Waals surface area contributed by atoms with Gasteiger partial charge in [-0.25, -0.2) is 9.78 Å². The highest BCUT2D eigenvalue weighted by molar-refractivity contribution is 7.99. The molecular weight excluding hydrogens is 302 g/mol. The standard InChI is InChI=1S/C15H19N3O3S/c1-2-4-13-16-15(18-17-13)22-10-3-9-21-12-7-5-11(6-8-12)14(19)20/h5-8H,2-4,9-10H2,1H3,(H,19,20)(H,16,17,18). The number of carboxylic acid groups (broad SMARTS) is 1. The Morgan fingerprint density at radius 2 is 2.14 bits per heavy atom. The number of carboxylic acids is 1. The van der Waals surface area contributed by atoms with Gasteiger partial charge in [0.1, 0.15) is 11.6 Å². The van der Waals surface area contributed by atoms with Crippen molar-refractivity contribution in [1.82, 2.24) is 15.2 Å². The molecule has 0 fully saturated rings. The average Bonchev–Trinajstić information content (AvgIpc) is 2.95. The van der Waals surface area contributed by atoms with E-state index in [0.717, 1.165) is 36.0 Å². The van der Waals surface area contributed by atoms with Crippen LogP contribution in [-0.4, -0.2) is 38.6 Å². The molecule has 0 aliphatic heterocycles. The SMILES string of the molecule is CCCc1nc(SCCCOc2ccc(C(=O)O)cc2)n[nH]1. The van der Waals surface area contributed by atoms with Crippen LogP contribution >= 0.6 is 11.8 Å². The van der Waals surface area contributed by atoms with Gasteiger partial charge in [-0.3, -0.25) is 5.10 Å². The minimum Gasteiger partial charge on any atom is -0.494 e. The molecule has 2 rings (SSSR count). The number of nitrogens with zero attached hydrogens (tertiary/aromatic N) is 2. The molecule has 0 amide bonds. The lowest BCUT2D eigenvalue weighted by Crippen LogP contribution is -2.00. The minimum absolute atomic E-state index is 0.260. The third kappa shape index (κ3) is 5.07. The summed E-state index contributed by atoms with van der Waals surface area (Å²) in [5, 5.41) is 16.7. The van der Waals surface area contributed by atoms with Gasteiger partial charge < -0.3 is 9.84 Å². The van der Waals surface area contributed by atoms with Crippen molar-refractivity contribution in [2.24, 2.45) is 0 Å². The molecule has 0 aliphatic carbocycles. The molecule has 0 saturated carbocycles. The van der Waals surface area contributed by atoms with Crippen molar-refractivity contribution < 1.29 is 14.6 Å². The second-order valence-corrected chi connectivity index (χ2v) is 5.76. The van der Waals surface area contributed by atoms with Crippen LogP contribution in [0.2, 0.25) is 0 Å². The van der Waals surface area contributed by atoms with Crippen LogP contribution in [0, 0.1) is 0 Å². The van der Waals surface area contributed by atoms with E-state index >= 15 is 0 Å². The van der Waals surface area contributed by atoms with Gasteiger partial charge in [0.15, 0.2) is 0 Å². The Morgan fingerprint density at radius 1 is 1.36 bits per heavy atom. The van der Waals surface area contributed by atoms with E-state index < -0.39 is 5.97 Å². The van der Waals surface area contributed by atoms with Gasteiger partial charge in [-0.2, -0.15) is 0 Å². The molecule has 0 unspecified atom stereocenters. The van der Waals surface area contributed by atoms with Crippen molar-refractivity contribution in [2.45, 2.75) is 31.3 Å². The average molecular weight is 321 g/mol. The minimum atomic E-state index is -0.933. The molecule has 0 bridgehead atoms. The zero-order valence-corrected chi connectivity index (χ0v) is 13.2. The van der Waals surface area contributed by atoms with Crippen LogP contribution in [0.1, 0.15) is 35.9 Å². The first kappa shape index (κ1) is 16.4. The molecule has 2 aromatic rings.